The Bertz CT molecular complexity index is 1030. The smallest absolute Gasteiger partial charge is 0.278 e. The van der Waals surface area contributed by atoms with Crippen LogP contribution in [-0.2, 0) is 13.6 Å². The standard InChI is InChI=1S/C20H19N3O2/c1-4-7-15-9-10-17(14(2)12-15)18-19(24)22(3)23(20(18)25)13-16-8-5-6-11-21-16/h5-6,8-12,24H,13H2,1-3H3. The molecule has 2 aromatic heterocycles. The molecule has 5 nitrogen and oxygen atoms in total. The van der Waals surface area contributed by atoms with Crippen molar-refractivity contribution in [1.29, 1.82) is 0 Å². The number of hydrogen-bond acceptors (Lipinski definition) is 3. The molecule has 0 saturated heterocycles. The third kappa shape index (κ3) is 3.07. The Balaban J connectivity index is 2.11. The molecule has 126 valence electrons. The Hall–Kier alpha value is -3.26. The highest BCUT2D eigenvalue weighted by Crippen LogP contribution is 2.29. The van der Waals surface area contributed by atoms with Crippen LogP contribution in [0.4, 0.5) is 0 Å². The number of pyridine rings is 1. The first-order chi connectivity index (χ1) is 12.0. The Labute approximate surface area is 146 Å². The molecule has 3 rings (SSSR count). The number of hydrogen-bond donors (Lipinski definition) is 1. The van der Waals surface area contributed by atoms with Crippen LogP contribution in [0.1, 0.15) is 23.7 Å². The molecule has 0 unspecified atom stereocenters. The van der Waals surface area contributed by atoms with E-state index in [1.165, 1.54) is 9.36 Å². The molecule has 0 atom stereocenters. The van der Waals surface area contributed by atoms with Gasteiger partial charge in [-0.2, -0.15) is 0 Å². The quantitative estimate of drug-likeness (QED) is 0.750. The molecule has 0 aliphatic rings. The summed E-state index contributed by atoms with van der Waals surface area (Å²) in [5, 5.41) is 10.5. The van der Waals surface area contributed by atoms with Crippen LogP contribution >= 0.6 is 0 Å². The van der Waals surface area contributed by atoms with Crippen molar-refractivity contribution < 1.29 is 5.11 Å². The summed E-state index contributed by atoms with van der Waals surface area (Å²) in [6.45, 7) is 3.98. The summed E-state index contributed by atoms with van der Waals surface area (Å²) in [6, 6.07) is 11.1. The number of aromatic nitrogens is 3. The van der Waals surface area contributed by atoms with Crippen molar-refractivity contribution in [2.24, 2.45) is 7.05 Å². The number of aromatic hydroxyl groups is 1. The van der Waals surface area contributed by atoms with E-state index in [1.807, 2.05) is 43.3 Å². The molecule has 0 fully saturated rings. The molecule has 1 aromatic carbocycles. The summed E-state index contributed by atoms with van der Waals surface area (Å²) < 4.78 is 2.94. The topological polar surface area (TPSA) is 60.1 Å². The number of aryl methyl sites for hydroxylation is 1. The largest absolute Gasteiger partial charge is 0.493 e. The second-order valence-corrected chi connectivity index (χ2v) is 5.81. The highest BCUT2D eigenvalue weighted by atomic mass is 16.3. The Morgan fingerprint density at radius 3 is 2.68 bits per heavy atom. The first-order valence-electron chi connectivity index (χ1n) is 7.95. The lowest BCUT2D eigenvalue weighted by molar-refractivity contribution is 0.389. The van der Waals surface area contributed by atoms with E-state index in [9.17, 15) is 9.90 Å². The Kier molecular flexibility index (Phi) is 4.44. The van der Waals surface area contributed by atoms with E-state index in [4.69, 9.17) is 0 Å². The second-order valence-electron chi connectivity index (χ2n) is 5.81. The second kappa shape index (κ2) is 6.70. The fraction of sp³-hybridized carbons (Fsp3) is 0.200. The van der Waals surface area contributed by atoms with Gasteiger partial charge in [0.1, 0.15) is 5.56 Å². The molecule has 0 bridgehead atoms. The molecule has 0 aliphatic carbocycles. The van der Waals surface area contributed by atoms with Gasteiger partial charge < -0.3 is 5.11 Å². The minimum Gasteiger partial charge on any atom is -0.493 e. The minimum absolute atomic E-state index is 0.0571. The zero-order valence-electron chi connectivity index (χ0n) is 14.4. The van der Waals surface area contributed by atoms with Gasteiger partial charge in [0.15, 0.2) is 0 Å². The predicted molar refractivity (Wildman–Crippen MR) is 97.4 cm³/mol. The predicted octanol–water partition coefficient (Wildman–Crippen LogP) is 2.68. The van der Waals surface area contributed by atoms with Gasteiger partial charge in [-0.05, 0) is 49.2 Å². The van der Waals surface area contributed by atoms with E-state index >= 15 is 0 Å². The van der Waals surface area contributed by atoms with Gasteiger partial charge in [-0.1, -0.05) is 18.1 Å². The van der Waals surface area contributed by atoms with Crippen molar-refractivity contribution >= 4 is 0 Å². The third-order valence-corrected chi connectivity index (χ3v) is 4.14. The van der Waals surface area contributed by atoms with Gasteiger partial charge >= 0.3 is 0 Å². The Morgan fingerprint density at radius 1 is 1.24 bits per heavy atom. The summed E-state index contributed by atoms with van der Waals surface area (Å²) in [6.07, 6.45) is 1.68. The van der Waals surface area contributed by atoms with Crippen LogP contribution < -0.4 is 5.56 Å². The molecule has 25 heavy (non-hydrogen) atoms. The van der Waals surface area contributed by atoms with E-state index in [0.29, 0.717) is 17.7 Å². The fourth-order valence-corrected chi connectivity index (χ4v) is 2.86. The fourth-order valence-electron chi connectivity index (χ4n) is 2.86. The van der Waals surface area contributed by atoms with Gasteiger partial charge in [-0.15, -0.1) is 5.92 Å². The van der Waals surface area contributed by atoms with Gasteiger partial charge in [0.05, 0.1) is 12.2 Å². The molecule has 5 heteroatoms. The molecule has 0 saturated carbocycles. The average molecular weight is 333 g/mol. The van der Waals surface area contributed by atoms with Crippen LogP contribution in [0, 0.1) is 18.8 Å². The third-order valence-electron chi connectivity index (χ3n) is 4.14. The van der Waals surface area contributed by atoms with E-state index < -0.39 is 0 Å². The van der Waals surface area contributed by atoms with Crippen molar-refractivity contribution in [2.75, 3.05) is 0 Å². The zero-order chi connectivity index (χ0) is 18.0. The van der Waals surface area contributed by atoms with E-state index in [0.717, 1.165) is 16.8 Å². The van der Waals surface area contributed by atoms with Crippen molar-refractivity contribution in [3.63, 3.8) is 0 Å². The zero-order valence-corrected chi connectivity index (χ0v) is 14.4. The van der Waals surface area contributed by atoms with Crippen LogP contribution in [0.2, 0.25) is 0 Å². The van der Waals surface area contributed by atoms with Gasteiger partial charge in [0.25, 0.3) is 5.56 Å². The average Bonchev–Trinajstić information content (AvgIpc) is 2.81. The van der Waals surface area contributed by atoms with Crippen LogP contribution in [-0.4, -0.2) is 19.5 Å². The minimum atomic E-state index is -0.247. The highest BCUT2D eigenvalue weighted by molar-refractivity contribution is 5.72. The lowest BCUT2D eigenvalue weighted by Gasteiger charge is -2.06. The maximum absolute atomic E-state index is 12.9. The van der Waals surface area contributed by atoms with Crippen LogP contribution in [0.3, 0.4) is 0 Å². The summed E-state index contributed by atoms with van der Waals surface area (Å²) in [5.74, 6) is 5.80. The van der Waals surface area contributed by atoms with Gasteiger partial charge in [0, 0.05) is 18.8 Å². The monoisotopic (exact) mass is 333 g/mol. The van der Waals surface area contributed by atoms with Gasteiger partial charge in [0.2, 0.25) is 5.88 Å². The summed E-state index contributed by atoms with van der Waals surface area (Å²) in [4.78, 5) is 17.2. The molecule has 2 heterocycles. The van der Waals surface area contributed by atoms with Crippen LogP contribution in [0.5, 0.6) is 5.88 Å². The van der Waals surface area contributed by atoms with Crippen molar-refractivity contribution in [3.8, 4) is 28.8 Å². The lowest BCUT2D eigenvalue weighted by atomic mass is 10.0. The first kappa shape index (κ1) is 16.6. The molecule has 0 aliphatic heterocycles. The van der Waals surface area contributed by atoms with E-state index in [2.05, 4.69) is 16.8 Å². The van der Waals surface area contributed by atoms with Crippen LogP contribution in [0.15, 0.2) is 47.4 Å². The molecule has 0 amide bonds. The summed E-state index contributed by atoms with van der Waals surface area (Å²) >= 11 is 0. The van der Waals surface area contributed by atoms with Crippen LogP contribution in [0.25, 0.3) is 11.1 Å². The maximum Gasteiger partial charge on any atom is 0.278 e. The highest BCUT2D eigenvalue weighted by Gasteiger charge is 2.20. The van der Waals surface area contributed by atoms with Crippen molar-refractivity contribution in [1.82, 2.24) is 14.3 Å². The van der Waals surface area contributed by atoms with Gasteiger partial charge in [-0.3, -0.25) is 14.5 Å². The first-order valence-corrected chi connectivity index (χ1v) is 7.95. The number of rotatable bonds is 3. The van der Waals surface area contributed by atoms with Gasteiger partial charge in [-0.25, -0.2) is 4.68 Å². The van der Waals surface area contributed by atoms with Crippen molar-refractivity contribution in [3.05, 3.63) is 69.8 Å². The Morgan fingerprint density at radius 2 is 2.04 bits per heavy atom. The molecular weight excluding hydrogens is 314 g/mol. The summed E-state index contributed by atoms with van der Waals surface area (Å²) in [7, 11) is 1.66. The number of nitrogens with zero attached hydrogens (tertiary/aromatic N) is 3. The number of benzene rings is 1. The lowest BCUT2D eigenvalue weighted by Crippen LogP contribution is -2.23. The maximum atomic E-state index is 12.9. The molecule has 1 N–H and O–H groups in total. The van der Waals surface area contributed by atoms with E-state index in [1.54, 1.807) is 20.2 Å². The molecule has 0 spiro atoms. The van der Waals surface area contributed by atoms with E-state index in [-0.39, 0.29) is 11.4 Å². The normalized spacial score (nSPS) is 10.4. The SMILES string of the molecule is CC#Cc1ccc(-c2c(O)n(C)n(Cc3ccccn3)c2=O)c(C)c1. The molecule has 0 radical (unpaired) electrons. The summed E-state index contributed by atoms with van der Waals surface area (Å²) in [5.41, 5.74) is 3.28. The molecular formula is C20H19N3O2. The molecule has 3 aromatic rings. The van der Waals surface area contributed by atoms with Crippen molar-refractivity contribution in [2.45, 2.75) is 20.4 Å².